The Hall–Kier alpha value is -2.13. The summed E-state index contributed by atoms with van der Waals surface area (Å²) in [6.07, 6.45) is -5.08. The van der Waals surface area contributed by atoms with E-state index >= 15 is 0 Å². The van der Waals surface area contributed by atoms with Crippen LogP contribution in [0.3, 0.4) is 0 Å². The van der Waals surface area contributed by atoms with Gasteiger partial charge in [-0.25, -0.2) is 4.79 Å². The van der Waals surface area contributed by atoms with E-state index in [4.69, 9.17) is 15.6 Å². The van der Waals surface area contributed by atoms with Crippen molar-refractivity contribution in [3.05, 3.63) is 34.9 Å². The first-order chi connectivity index (χ1) is 12.1. The fourth-order valence-corrected chi connectivity index (χ4v) is 2.51. The third-order valence-electron chi connectivity index (χ3n) is 4.18. The maximum atomic E-state index is 12.5. The molecular formula is C17H24F3N3O3. The van der Waals surface area contributed by atoms with E-state index in [1.165, 1.54) is 5.56 Å². The molecular weight excluding hydrogens is 351 g/mol. The van der Waals surface area contributed by atoms with E-state index in [2.05, 4.69) is 4.90 Å². The summed E-state index contributed by atoms with van der Waals surface area (Å²) in [6, 6.07) is 5.93. The van der Waals surface area contributed by atoms with Crippen LogP contribution in [-0.2, 0) is 4.79 Å². The van der Waals surface area contributed by atoms with Crippen LogP contribution < -0.4 is 5.73 Å². The number of amides is 1. The maximum Gasteiger partial charge on any atom is 0.490 e. The minimum atomic E-state index is -5.08. The Morgan fingerprint density at radius 3 is 2.15 bits per heavy atom. The lowest BCUT2D eigenvalue weighted by Crippen LogP contribution is -2.49. The second-order valence-electron chi connectivity index (χ2n) is 5.97. The van der Waals surface area contributed by atoms with Crippen LogP contribution in [0.5, 0.6) is 0 Å². The lowest BCUT2D eigenvalue weighted by molar-refractivity contribution is -0.192. The maximum absolute atomic E-state index is 12.5. The molecule has 1 aromatic carbocycles. The smallest absolute Gasteiger partial charge is 0.475 e. The van der Waals surface area contributed by atoms with Gasteiger partial charge in [0.05, 0.1) is 0 Å². The summed E-state index contributed by atoms with van der Waals surface area (Å²) in [5.74, 6) is -2.60. The van der Waals surface area contributed by atoms with Gasteiger partial charge in [0.25, 0.3) is 5.91 Å². The topological polar surface area (TPSA) is 86.9 Å². The summed E-state index contributed by atoms with van der Waals surface area (Å²) in [6.45, 7) is 9.12. The fourth-order valence-electron chi connectivity index (χ4n) is 2.51. The van der Waals surface area contributed by atoms with Crippen molar-refractivity contribution < 1.29 is 27.9 Å². The lowest BCUT2D eigenvalue weighted by atomic mass is 10.0. The number of benzene rings is 1. The molecule has 0 atom stereocenters. The van der Waals surface area contributed by atoms with E-state index in [1.54, 1.807) is 0 Å². The lowest BCUT2D eigenvalue weighted by Gasteiger charge is -2.34. The van der Waals surface area contributed by atoms with Crippen LogP contribution in [0.2, 0.25) is 0 Å². The van der Waals surface area contributed by atoms with Crippen molar-refractivity contribution in [1.29, 1.82) is 0 Å². The highest BCUT2D eigenvalue weighted by atomic mass is 19.4. The van der Waals surface area contributed by atoms with Crippen molar-refractivity contribution >= 4 is 11.9 Å². The molecule has 1 fully saturated rings. The van der Waals surface area contributed by atoms with Gasteiger partial charge < -0.3 is 15.7 Å². The molecule has 1 aliphatic rings. The Labute approximate surface area is 150 Å². The molecule has 0 aliphatic carbocycles. The third-order valence-corrected chi connectivity index (χ3v) is 4.18. The van der Waals surface area contributed by atoms with E-state index in [0.717, 1.165) is 43.9 Å². The number of carboxylic acids is 1. The molecule has 1 aliphatic heterocycles. The van der Waals surface area contributed by atoms with Crippen molar-refractivity contribution in [2.45, 2.75) is 20.0 Å². The normalized spacial score (nSPS) is 15.2. The van der Waals surface area contributed by atoms with Gasteiger partial charge in [-0.05, 0) is 31.0 Å². The Morgan fingerprint density at radius 1 is 1.15 bits per heavy atom. The van der Waals surface area contributed by atoms with Gasteiger partial charge >= 0.3 is 12.1 Å². The average Bonchev–Trinajstić information content (AvgIpc) is 2.57. The third kappa shape index (κ3) is 6.30. The molecule has 1 heterocycles. The molecule has 0 spiro atoms. The van der Waals surface area contributed by atoms with Crippen LogP contribution in [0.4, 0.5) is 13.2 Å². The molecule has 0 saturated carbocycles. The molecule has 3 N–H and O–H groups in total. The van der Waals surface area contributed by atoms with Crippen LogP contribution >= 0.6 is 0 Å². The molecule has 146 valence electrons. The number of rotatable bonds is 3. The van der Waals surface area contributed by atoms with Crippen LogP contribution in [0.15, 0.2) is 18.2 Å². The average molecular weight is 375 g/mol. The van der Waals surface area contributed by atoms with E-state index in [0.29, 0.717) is 6.54 Å². The van der Waals surface area contributed by atoms with Crippen LogP contribution in [-0.4, -0.2) is 72.2 Å². The Balaban J connectivity index is 0.000000412. The van der Waals surface area contributed by atoms with Gasteiger partial charge in [0.1, 0.15) is 0 Å². The summed E-state index contributed by atoms with van der Waals surface area (Å²) in [7, 11) is 0. The largest absolute Gasteiger partial charge is 0.490 e. The van der Waals surface area contributed by atoms with Gasteiger partial charge in [-0.15, -0.1) is 0 Å². The molecule has 1 saturated heterocycles. The molecule has 0 radical (unpaired) electrons. The number of hydrogen-bond acceptors (Lipinski definition) is 4. The van der Waals surface area contributed by atoms with E-state index in [9.17, 15) is 18.0 Å². The zero-order valence-corrected chi connectivity index (χ0v) is 14.8. The van der Waals surface area contributed by atoms with Gasteiger partial charge in [-0.3, -0.25) is 9.69 Å². The molecule has 9 heteroatoms. The summed E-state index contributed by atoms with van der Waals surface area (Å²) in [4.78, 5) is 25.7. The van der Waals surface area contributed by atoms with Crippen molar-refractivity contribution in [2.24, 2.45) is 5.73 Å². The van der Waals surface area contributed by atoms with Gasteiger partial charge in [0.2, 0.25) is 0 Å². The zero-order valence-electron chi connectivity index (χ0n) is 14.8. The molecule has 1 amide bonds. The van der Waals surface area contributed by atoms with Crippen molar-refractivity contribution in [3.63, 3.8) is 0 Å². The number of hydrogen-bond donors (Lipinski definition) is 2. The van der Waals surface area contributed by atoms with Crippen molar-refractivity contribution in [3.8, 4) is 0 Å². The molecule has 2 rings (SSSR count). The fraction of sp³-hybridized carbons (Fsp3) is 0.529. The zero-order chi connectivity index (χ0) is 19.9. The number of piperazine rings is 1. The summed E-state index contributed by atoms with van der Waals surface area (Å²) >= 11 is 0. The van der Waals surface area contributed by atoms with Gasteiger partial charge in [0, 0.05) is 44.8 Å². The Morgan fingerprint density at radius 2 is 1.69 bits per heavy atom. The number of carbonyl (C=O) groups excluding carboxylic acids is 1. The van der Waals surface area contributed by atoms with Crippen LogP contribution in [0.25, 0.3) is 0 Å². The number of nitrogens with zero attached hydrogens (tertiary/aromatic N) is 2. The molecule has 1 aromatic rings. The number of aliphatic carboxylic acids is 1. The minimum Gasteiger partial charge on any atom is -0.475 e. The van der Waals surface area contributed by atoms with Gasteiger partial charge in [0.15, 0.2) is 0 Å². The number of nitrogens with two attached hydrogens (primary N) is 1. The first-order valence-electron chi connectivity index (χ1n) is 8.16. The van der Waals surface area contributed by atoms with Crippen LogP contribution in [0, 0.1) is 13.8 Å². The summed E-state index contributed by atoms with van der Waals surface area (Å²) < 4.78 is 31.7. The number of carbonyl (C=O) groups is 2. The molecule has 26 heavy (non-hydrogen) atoms. The standard InChI is InChI=1S/C15H23N3O.C2HF3O2/c1-12-4-3-5-14(13(12)2)15(19)18-10-8-17(7-6-16)9-11-18;3-2(4,5)1(6)7/h3-5H,6-11,16H2,1-2H3;(H,6,7). The van der Waals surface area contributed by atoms with E-state index in [1.807, 2.05) is 36.9 Å². The summed E-state index contributed by atoms with van der Waals surface area (Å²) in [5.41, 5.74) is 8.67. The van der Waals surface area contributed by atoms with E-state index < -0.39 is 12.1 Å². The minimum absolute atomic E-state index is 0.161. The Bertz CT molecular complexity index is 627. The van der Waals surface area contributed by atoms with Crippen molar-refractivity contribution in [1.82, 2.24) is 9.80 Å². The van der Waals surface area contributed by atoms with Gasteiger partial charge in [-0.1, -0.05) is 12.1 Å². The van der Waals surface area contributed by atoms with Crippen molar-refractivity contribution in [2.75, 3.05) is 39.3 Å². The second-order valence-corrected chi connectivity index (χ2v) is 5.97. The summed E-state index contributed by atoms with van der Waals surface area (Å²) in [5, 5.41) is 7.12. The molecule has 0 unspecified atom stereocenters. The Kier molecular flexibility index (Phi) is 8.04. The number of alkyl halides is 3. The number of aryl methyl sites for hydroxylation is 1. The predicted molar refractivity (Wildman–Crippen MR) is 91.0 cm³/mol. The predicted octanol–water partition coefficient (Wildman–Crippen LogP) is 1.65. The SMILES string of the molecule is Cc1cccc(C(=O)N2CCN(CCN)CC2)c1C.O=C(O)C(F)(F)F. The molecule has 0 bridgehead atoms. The first kappa shape index (κ1) is 21.9. The second kappa shape index (κ2) is 9.54. The monoisotopic (exact) mass is 375 g/mol. The number of halogens is 3. The van der Waals surface area contributed by atoms with Gasteiger partial charge in [-0.2, -0.15) is 13.2 Å². The van der Waals surface area contributed by atoms with E-state index in [-0.39, 0.29) is 5.91 Å². The highest BCUT2D eigenvalue weighted by Gasteiger charge is 2.38. The highest BCUT2D eigenvalue weighted by molar-refractivity contribution is 5.96. The quantitative estimate of drug-likeness (QED) is 0.839. The highest BCUT2D eigenvalue weighted by Crippen LogP contribution is 2.16. The van der Waals surface area contributed by atoms with Crippen LogP contribution in [0.1, 0.15) is 21.5 Å². The molecule has 6 nitrogen and oxygen atoms in total. The number of carboxylic acid groups (broad SMARTS) is 1. The first-order valence-corrected chi connectivity index (χ1v) is 8.16. The molecule has 0 aromatic heterocycles.